The molecule has 0 atom stereocenters. The molecule has 1 aliphatic heterocycles. The molecule has 0 spiro atoms. The molecular weight excluding hydrogens is 548 g/mol. The second kappa shape index (κ2) is 17.0. The molecular formula is C35H45F2N3O3. The highest BCUT2D eigenvalue weighted by atomic mass is 19.1. The minimum absolute atomic E-state index is 0.0531. The predicted octanol–water partition coefficient (Wildman–Crippen LogP) is 8.21. The maximum absolute atomic E-state index is 13.5. The van der Waals surface area contributed by atoms with Crippen molar-refractivity contribution in [1.82, 2.24) is 9.80 Å². The van der Waals surface area contributed by atoms with Crippen LogP contribution in [0.15, 0.2) is 66.7 Å². The maximum atomic E-state index is 13.5. The molecule has 232 valence electrons. The van der Waals surface area contributed by atoms with E-state index in [1.54, 1.807) is 0 Å². The second-order valence-electron chi connectivity index (χ2n) is 11.6. The van der Waals surface area contributed by atoms with Crippen LogP contribution < -0.4 is 5.32 Å². The van der Waals surface area contributed by atoms with E-state index in [0.29, 0.717) is 12.1 Å². The van der Waals surface area contributed by atoms with Crippen molar-refractivity contribution in [2.75, 3.05) is 38.5 Å². The first-order valence-electron chi connectivity index (χ1n) is 15.6. The Morgan fingerprint density at radius 3 is 2.21 bits per heavy atom. The molecule has 4 rings (SSSR count). The van der Waals surface area contributed by atoms with Crippen LogP contribution in [0.25, 0.3) is 11.1 Å². The summed E-state index contributed by atoms with van der Waals surface area (Å²) in [6.45, 7) is 4.32. The number of amides is 1. The molecule has 6 nitrogen and oxygen atoms in total. The lowest BCUT2D eigenvalue weighted by Crippen LogP contribution is -2.38. The van der Waals surface area contributed by atoms with Crippen LogP contribution in [0.1, 0.15) is 63.4 Å². The number of phenolic OH excluding ortho intramolecular Hbond substituents is 1. The lowest BCUT2D eigenvalue weighted by atomic mass is 10.0. The number of aromatic hydroxyl groups is 1. The van der Waals surface area contributed by atoms with Crippen molar-refractivity contribution < 1.29 is 23.4 Å². The lowest BCUT2D eigenvalue weighted by molar-refractivity contribution is 0.0584. The maximum Gasteiger partial charge on any atom is 0.411 e. The van der Waals surface area contributed by atoms with Gasteiger partial charge in [0.25, 0.3) is 0 Å². The van der Waals surface area contributed by atoms with Gasteiger partial charge in [-0.15, -0.1) is 0 Å². The molecule has 1 amide bonds. The Labute approximate surface area is 254 Å². The number of piperidine rings is 1. The number of carbonyl (C=O) groups is 1. The number of anilines is 1. The molecule has 0 saturated carbocycles. The first-order valence-corrected chi connectivity index (χ1v) is 15.6. The standard InChI is InChI=1S/C35H45F2N3O3/c1-39(26-27-24-31(36)34(41)32(37)25-27)20-12-5-3-2-4-6-13-21-40-22-18-29(19-23-40)43-35(42)38-33-17-11-10-16-30(33)28-14-8-7-9-15-28/h7-11,14-17,24-25,29,41H,2-6,12-13,18-23,26H2,1H3,(H,38,42). The molecule has 8 heteroatoms. The topological polar surface area (TPSA) is 65.0 Å². The summed E-state index contributed by atoms with van der Waals surface area (Å²) in [5.74, 6) is -2.74. The van der Waals surface area contributed by atoms with Crippen molar-refractivity contribution >= 4 is 11.8 Å². The summed E-state index contributed by atoms with van der Waals surface area (Å²) in [6, 6.07) is 20.2. The van der Waals surface area contributed by atoms with E-state index >= 15 is 0 Å². The lowest BCUT2D eigenvalue weighted by Gasteiger charge is -2.31. The van der Waals surface area contributed by atoms with Gasteiger partial charge in [-0.2, -0.15) is 0 Å². The number of hydrogen-bond acceptors (Lipinski definition) is 5. The number of hydrogen-bond donors (Lipinski definition) is 2. The third-order valence-electron chi connectivity index (χ3n) is 8.10. The van der Waals surface area contributed by atoms with Crippen LogP contribution in [0, 0.1) is 11.6 Å². The smallest absolute Gasteiger partial charge is 0.411 e. The van der Waals surface area contributed by atoms with Gasteiger partial charge in [-0.1, -0.05) is 80.6 Å². The number of nitrogens with zero attached hydrogens (tertiary/aromatic N) is 2. The number of nitrogens with one attached hydrogen (secondary N) is 1. The van der Waals surface area contributed by atoms with Gasteiger partial charge in [-0.3, -0.25) is 5.32 Å². The van der Waals surface area contributed by atoms with E-state index in [0.717, 1.165) is 68.7 Å². The van der Waals surface area contributed by atoms with Crippen molar-refractivity contribution in [2.24, 2.45) is 0 Å². The second-order valence-corrected chi connectivity index (χ2v) is 11.6. The van der Waals surface area contributed by atoms with E-state index in [1.165, 1.54) is 44.2 Å². The van der Waals surface area contributed by atoms with Crippen molar-refractivity contribution in [1.29, 1.82) is 0 Å². The largest absolute Gasteiger partial charge is 0.503 e. The van der Waals surface area contributed by atoms with Crippen molar-refractivity contribution in [3.63, 3.8) is 0 Å². The van der Waals surface area contributed by atoms with E-state index in [9.17, 15) is 18.7 Å². The first-order chi connectivity index (χ1) is 20.9. The highest BCUT2D eigenvalue weighted by molar-refractivity contribution is 5.91. The van der Waals surface area contributed by atoms with Crippen LogP contribution in [-0.2, 0) is 11.3 Å². The number of ether oxygens (including phenoxy) is 1. The summed E-state index contributed by atoms with van der Waals surface area (Å²) in [7, 11) is 1.94. The van der Waals surface area contributed by atoms with Crippen LogP contribution in [0.2, 0.25) is 0 Å². The number of halogens is 2. The van der Waals surface area contributed by atoms with Gasteiger partial charge >= 0.3 is 6.09 Å². The van der Waals surface area contributed by atoms with Gasteiger partial charge in [-0.25, -0.2) is 13.6 Å². The van der Waals surface area contributed by atoms with Crippen LogP contribution in [0.3, 0.4) is 0 Å². The highest BCUT2D eigenvalue weighted by Crippen LogP contribution is 2.28. The van der Waals surface area contributed by atoms with Crippen LogP contribution >= 0.6 is 0 Å². The van der Waals surface area contributed by atoms with Crippen molar-refractivity contribution in [2.45, 2.75) is 70.4 Å². The number of unbranched alkanes of at least 4 members (excludes halogenated alkanes) is 6. The number of likely N-dealkylation sites (tertiary alicyclic amines) is 1. The summed E-state index contributed by atoms with van der Waals surface area (Å²) < 4.78 is 32.8. The SMILES string of the molecule is CN(CCCCCCCCCN1CCC(OC(=O)Nc2ccccc2-c2ccccc2)CC1)Cc1cc(F)c(O)c(F)c1. The van der Waals surface area contributed by atoms with E-state index in [1.807, 2.05) is 61.6 Å². The molecule has 3 aromatic rings. The molecule has 2 N–H and O–H groups in total. The van der Waals surface area contributed by atoms with Gasteiger partial charge < -0.3 is 19.6 Å². The van der Waals surface area contributed by atoms with Gasteiger partial charge in [-0.05, 0) is 75.1 Å². The zero-order valence-corrected chi connectivity index (χ0v) is 25.2. The zero-order chi connectivity index (χ0) is 30.4. The highest BCUT2D eigenvalue weighted by Gasteiger charge is 2.22. The Bertz CT molecular complexity index is 1260. The molecule has 0 bridgehead atoms. The summed E-state index contributed by atoms with van der Waals surface area (Å²) in [5, 5.41) is 12.2. The molecule has 43 heavy (non-hydrogen) atoms. The predicted molar refractivity (Wildman–Crippen MR) is 168 cm³/mol. The van der Waals surface area contributed by atoms with Crippen LogP contribution in [0.5, 0.6) is 5.75 Å². The fourth-order valence-electron chi connectivity index (χ4n) is 5.70. The molecule has 1 heterocycles. The van der Waals surface area contributed by atoms with Gasteiger partial charge in [0, 0.05) is 25.2 Å². The van der Waals surface area contributed by atoms with Crippen molar-refractivity contribution in [3.05, 3.63) is 83.9 Å². The van der Waals surface area contributed by atoms with Crippen LogP contribution in [-0.4, -0.2) is 60.3 Å². The van der Waals surface area contributed by atoms with Crippen molar-refractivity contribution in [3.8, 4) is 16.9 Å². The Morgan fingerprint density at radius 1 is 0.907 bits per heavy atom. The first kappa shape index (κ1) is 32.4. The van der Waals surface area contributed by atoms with E-state index in [2.05, 4.69) is 15.1 Å². The van der Waals surface area contributed by atoms with Gasteiger partial charge in [0.1, 0.15) is 6.10 Å². The molecule has 0 unspecified atom stereocenters. The Morgan fingerprint density at radius 2 is 1.51 bits per heavy atom. The van der Waals surface area contributed by atoms with E-state index in [-0.39, 0.29) is 6.10 Å². The Balaban J connectivity index is 1.01. The third-order valence-corrected chi connectivity index (χ3v) is 8.10. The molecule has 1 aliphatic rings. The number of para-hydroxylation sites is 1. The number of benzene rings is 3. The summed E-state index contributed by atoms with van der Waals surface area (Å²) >= 11 is 0. The average molecular weight is 594 g/mol. The van der Waals surface area contributed by atoms with Gasteiger partial charge in [0.05, 0.1) is 5.69 Å². The quantitative estimate of drug-likeness (QED) is 0.174. The Kier molecular flexibility index (Phi) is 12.8. The van der Waals surface area contributed by atoms with Crippen LogP contribution in [0.4, 0.5) is 19.3 Å². The molecule has 1 fully saturated rings. The Hall–Kier alpha value is -3.49. The van der Waals surface area contributed by atoms with E-state index in [4.69, 9.17) is 4.74 Å². The minimum Gasteiger partial charge on any atom is -0.503 e. The molecule has 0 aliphatic carbocycles. The van der Waals surface area contributed by atoms with E-state index < -0.39 is 23.5 Å². The summed E-state index contributed by atoms with van der Waals surface area (Å²) in [4.78, 5) is 17.2. The molecule has 3 aromatic carbocycles. The summed E-state index contributed by atoms with van der Waals surface area (Å²) in [6.07, 6.45) is 9.51. The fraction of sp³-hybridized carbons (Fsp3) is 0.457. The minimum atomic E-state index is -0.913. The average Bonchev–Trinajstić information content (AvgIpc) is 3.00. The molecule has 1 saturated heterocycles. The van der Waals surface area contributed by atoms with Gasteiger partial charge in [0.2, 0.25) is 0 Å². The number of carbonyl (C=O) groups excluding carboxylic acids is 1. The molecule has 0 aromatic heterocycles. The normalized spacial score (nSPS) is 14.2. The number of phenols is 1. The fourth-order valence-corrected chi connectivity index (χ4v) is 5.70. The molecule has 0 radical (unpaired) electrons. The number of rotatable bonds is 15. The third kappa shape index (κ3) is 10.6. The monoisotopic (exact) mass is 593 g/mol. The summed E-state index contributed by atoms with van der Waals surface area (Å²) in [5.41, 5.74) is 3.31. The van der Waals surface area contributed by atoms with Gasteiger partial charge in [0.15, 0.2) is 17.4 Å². The zero-order valence-electron chi connectivity index (χ0n) is 25.2.